The van der Waals surface area contributed by atoms with Gasteiger partial charge < -0.3 is 15.3 Å². The molecule has 1 aromatic rings. The van der Waals surface area contributed by atoms with Gasteiger partial charge in [-0.3, -0.25) is 9.59 Å². The Balaban J connectivity index is 1.79. The van der Waals surface area contributed by atoms with Gasteiger partial charge in [0.1, 0.15) is 0 Å². The number of anilines is 1. The van der Waals surface area contributed by atoms with Crippen LogP contribution in [0.15, 0.2) is 24.3 Å². The van der Waals surface area contributed by atoms with Crippen molar-refractivity contribution in [3.63, 3.8) is 0 Å². The average molecular weight is 306 g/mol. The van der Waals surface area contributed by atoms with Crippen LogP contribution in [0, 0.1) is 0 Å². The standard InChI is InChI=1S/C15H18N2O3S/c18-14(19)7-10-9-21-6-5-17(10)15(20)12-8-16-13-4-2-1-3-11(12)13/h1-4,10,12,16H,5-9H2,(H,18,19). The second kappa shape index (κ2) is 5.97. The second-order valence-electron chi connectivity index (χ2n) is 5.38. The van der Waals surface area contributed by atoms with Gasteiger partial charge in [0.05, 0.1) is 18.4 Å². The van der Waals surface area contributed by atoms with Gasteiger partial charge in [0.25, 0.3) is 0 Å². The fourth-order valence-corrected chi connectivity index (χ4v) is 4.08. The molecule has 2 unspecified atom stereocenters. The molecule has 0 bridgehead atoms. The molecule has 2 aliphatic heterocycles. The van der Waals surface area contributed by atoms with Crippen LogP contribution >= 0.6 is 11.8 Å². The van der Waals surface area contributed by atoms with Crippen LogP contribution in [0.2, 0.25) is 0 Å². The quantitative estimate of drug-likeness (QED) is 0.888. The normalized spacial score (nSPS) is 24.3. The van der Waals surface area contributed by atoms with Crippen molar-refractivity contribution in [3.05, 3.63) is 29.8 Å². The zero-order valence-corrected chi connectivity index (χ0v) is 12.4. The molecule has 2 N–H and O–H groups in total. The number of carboxylic acid groups (broad SMARTS) is 1. The van der Waals surface area contributed by atoms with Crippen LogP contribution in [0.25, 0.3) is 0 Å². The van der Waals surface area contributed by atoms with Crippen molar-refractivity contribution in [2.45, 2.75) is 18.4 Å². The van der Waals surface area contributed by atoms with E-state index in [0.29, 0.717) is 18.8 Å². The van der Waals surface area contributed by atoms with Crippen molar-refractivity contribution in [3.8, 4) is 0 Å². The number of aliphatic carboxylic acids is 1. The summed E-state index contributed by atoms with van der Waals surface area (Å²) in [5, 5.41) is 12.3. The summed E-state index contributed by atoms with van der Waals surface area (Å²) in [7, 11) is 0. The minimum atomic E-state index is -0.842. The molecular formula is C15H18N2O3S. The number of carboxylic acids is 1. The summed E-state index contributed by atoms with van der Waals surface area (Å²) in [6.07, 6.45) is 0.0283. The Morgan fingerprint density at radius 3 is 3.00 bits per heavy atom. The Kier molecular flexibility index (Phi) is 4.05. The van der Waals surface area contributed by atoms with Crippen LogP contribution in [0.1, 0.15) is 17.9 Å². The maximum atomic E-state index is 12.8. The fourth-order valence-electron chi connectivity index (χ4n) is 3.02. The van der Waals surface area contributed by atoms with E-state index in [2.05, 4.69) is 5.32 Å². The first-order valence-corrected chi connectivity index (χ1v) is 8.25. The Morgan fingerprint density at radius 1 is 1.38 bits per heavy atom. The van der Waals surface area contributed by atoms with E-state index in [1.54, 1.807) is 16.7 Å². The molecule has 0 radical (unpaired) electrons. The summed E-state index contributed by atoms with van der Waals surface area (Å²) < 4.78 is 0. The zero-order valence-electron chi connectivity index (χ0n) is 11.6. The Labute approximate surface area is 127 Å². The maximum absolute atomic E-state index is 12.8. The van der Waals surface area contributed by atoms with E-state index in [0.717, 1.165) is 17.0 Å². The van der Waals surface area contributed by atoms with E-state index in [9.17, 15) is 9.59 Å². The number of nitrogens with zero attached hydrogens (tertiary/aromatic N) is 1. The van der Waals surface area contributed by atoms with Crippen LogP contribution in [0.5, 0.6) is 0 Å². The van der Waals surface area contributed by atoms with Crippen molar-refractivity contribution >= 4 is 29.3 Å². The van der Waals surface area contributed by atoms with E-state index >= 15 is 0 Å². The first-order chi connectivity index (χ1) is 10.2. The number of carbonyl (C=O) groups excluding carboxylic acids is 1. The number of amides is 1. The number of benzene rings is 1. The first-order valence-electron chi connectivity index (χ1n) is 7.09. The van der Waals surface area contributed by atoms with Crippen molar-refractivity contribution in [1.29, 1.82) is 0 Å². The molecule has 6 heteroatoms. The lowest BCUT2D eigenvalue weighted by molar-refractivity contribution is -0.140. The molecule has 2 aliphatic rings. The number of nitrogens with one attached hydrogen (secondary N) is 1. The molecule has 2 atom stereocenters. The van der Waals surface area contributed by atoms with Gasteiger partial charge in [0.15, 0.2) is 0 Å². The molecule has 3 rings (SSSR count). The maximum Gasteiger partial charge on any atom is 0.305 e. The van der Waals surface area contributed by atoms with Crippen LogP contribution in [0.4, 0.5) is 5.69 Å². The fraction of sp³-hybridized carbons (Fsp3) is 0.467. The summed E-state index contributed by atoms with van der Waals surface area (Å²) in [6, 6.07) is 7.64. The Hall–Kier alpha value is -1.69. The summed E-state index contributed by atoms with van der Waals surface area (Å²) in [6.45, 7) is 1.24. The highest BCUT2D eigenvalue weighted by Gasteiger charge is 2.36. The first kappa shape index (κ1) is 14.3. The Morgan fingerprint density at radius 2 is 2.19 bits per heavy atom. The lowest BCUT2D eigenvalue weighted by Crippen LogP contribution is -2.49. The third kappa shape index (κ3) is 2.85. The topological polar surface area (TPSA) is 69.6 Å². The van der Waals surface area contributed by atoms with Gasteiger partial charge in [0.2, 0.25) is 5.91 Å². The molecule has 112 valence electrons. The molecule has 5 nitrogen and oxygen atoms in total. The highest BCUT2D eigenvalue weighted by molar-refractivity contribution is 7.99. The molecule has 1 fully saturated rings. The van der Waals surface area contributed by atoms with Crippen molar-refractivity contribution < 1.29 is 14.7 Å². The van der Waals surface area contributed by atoms with Gasteiger partial charge in [-0.1, -0.05) is 18.2 Å². The second-order valence-corrected chi connectivity index (χ2v) is 6.53. The van der Waals surface area contributed by atoms with Crippen molar-refractivity contribution in [2.24, 2.45) is 0 Å². The SMILES string of the molecule is O=C(O)CC1CSCCN1C(=O)C1CNc2ccccc21. The summed E-state index contributed by atoms with van der Waals surface area (Å²) >= 11 is 1.72. The number of thioether (sulfide) groups is 1. The van der Waals surface area contributed by atoms with Gasteiger partial charge in [-0.05, 0) is 11.6 Å². The van der Waals surface area contributed by atoms with Gasteiger partial charge in [-0.25, -0.2) is 0 Å². The third-order valence-electron chi connectivity index (χ3n) is 4.05. The number of hydrogen-bond acceptors (Lipinski definition) is 4. The number of carbonyl (C=O) groups is 2. The summed E-state index contributed by atoms with van der Waals surface area (Å²) in [5.74, 6) is 0.605. The van der Waals surface area contributed by atoms with Crippen LogP contribution < -0.4 is 5.32 Å². The average Bonchev–Trinajstić information content (AvgIpc) is 2.90. The predicted molar refractivity (Wildman–Crippen MR) is 82.8 cm³/mol. The van der Waals surface area contributed by atoms with Gasteiger partial charge >= 0.3 is 5.97 Å². The summed E-state index contributed by atoms with van der Waals surface area (Å²) in [4.78, 5) is 25.6. The largest absolute Gasteiger partial charge is 0.481 e. The lowest BCUT2D eigenvalue weighted by atomic mass is 9.98. The van der Waals surface area contributed by atoms with E-state index in [1.165, 1.54) is 0 Å². The molecule has 0 saturated carbocycles. The molecule has 0 aliphatic carbocycles. The number of rotatable bonds is 3. The molecule has 2 heterocycles. The predicted octanol–water partition coefficient (Wildman–Crippen LogP) is 1.61. The van der Waals surface area contributed by atoms with E-state index in [-0.39, 0.29) is 24.3 Å². The van der Waals surface area contributed by atoms with Crippen molar-refractivity contribution in [2.75, 3.05) is 29.9 Å². The van der Waals surface area contributed by atoms with Crippen molar-refractivity contribution in [1.82, 2.24) is 4.90 Å². The number of fused-ring (bicyclic) bond motifs is 1. The minimum absolute atomic E-state index is 0.0283. The van der Waals surface area contributed by atoms with Crippen LogP contribution in [0.3, 0.4) is 0 Å². The molecule has 21 heavy (non-hydrogen) atoms. The van der Waals surface area contributed by atoms with Crippen LogP contribution in [-0.2, 0) is 9.59 Å². The van der Waals surface area contributed by atoms with E-state index in [1.807, 2.05) is 24.3 Å². The number of para-hydroxylation sites is 1. The molecule has 1 aromatic carbocycles. The number of hydrogen-bond donors (Lipinski definition) is 2. The van der Waals surface area contributed by atoms with Gasteiger partial charge in [-0.2, -0.15) is 11.8 Å². The Bertz CT molecular complexity index is 564. The molecule has 1 saturated heterocycles. The molecule has 1 amide bonds. The van der Waals surface area contributed by atoms with E-state index in [4.69, 9.17) is 5.11 Å². The monoisotopic (exact) mass is 306 g/mol. The minimum Gasteiger partial charge on any atom is -0.481 e. The lowest BCUT2D eigenvalue weighted by Gasteiger charge is -2.36. The smallest absolute Gasteiger partial charge is 0.305 e. The highest BCUT2D eigenvalue weighted by Crippen LogP contribution is 2.34. The van der Waals surface area contributed by atoms with Crippen LogP contribution in [-0.4, -0.2) is 52.5 Å². The summed E-state index contributed by atoms with van der Waals surface area (Å²) in [5.41, 5.74) is 2.03. The molecule has 0 aromatic heterocycles. The van der Waals surface area contributed by atoms with E-state index < -0.39 is 5.97 Å². The zero-order chi connectivity index (χ0) is 14.8. The van der Waals surface area contributed by atoms with Gasteiger partial charge in [-0.15, -0.1) is 0 Å². The molecule has 0 spiro atoms. The molecular weight excluding hydrogens is 288 g/mol. The van der Waals surface area contributed by atoms with Gasteiger partial charge in [0, 0.05) is 30.3 Å². The third-order valence-corrected chi connectivity index (χ3v) is 5.14. The highest BCUT2D eigenvalue weighted by atomic mass is 32.2.